The quantitative estimate of drug-likeness (QED) is 0.262. The van der Waals surface area contributed by atoms with Crippen molar-refractivity contribution >= 4 is 10.8 Å². The van der Waals surface area contributed by atoms with Crippen LogP contribution in [-0.2, 0) is 20.3 Å². The molecule has 2 unspecified atom stereocenters. The Kier molecular flexibility index (Phi) is 7.07. The van der Waals surface area contributed by atoms with E-state index in [1.165, 1.54) is 0 Å². The molecule has 0 radical (unpaired) electrons. The van der Waals surface area contributed by atoms with Crippen LogP contribution in [0.4, 0.5) is 0 Å². The van der Waals surface area contributed by atoms with Gasteiger partial charge >= 0.3 is 0 Å². The fourth-order valence-electron chi connectivity index (χ4n) is 5.69. The topological polar surface area (TPSA) is 67.0 Å². The molecule has 0 amide bonds. The Bertz CT molecular complexity index is 1490. The van der Waals surface area contributed by atoms with Crippen molar-refractivity contribution in [2.24, 2.45) is 0 Å². The standard InChI is InChI=1S/C33H43N5O2/c1-32(2,3)27-20-25(37(35-27)29-15-9-11-17-39-29)24-19-22-13-7-8-14-23(22)31(34-24)26-21-28(33(4,5)6)36-38(26)30-16-10-12-18-40-30/h7-8,13-14,19-21,29-30H,9-12,15-18H2,1-6H3. The van der Waals surface area contributed by atoms with Crippen molar-refractivity contribution in [1.29, 1.82) is 0 Å². The van der Waals surface area contributed by atoms with E-state index in [-0.39, 0.29) is 23.3 Å². The van der Waals surface area contributed by atoms with Crippen LogP contribution in [0, 0.1) is 0 Å². The van der Waals surface area contributed by atoms with Gasteiger partial charge in [-0.05, 0) is 62.1 Å². The van der Waals surface area contributed by atoms with Crippen molar-refractivity contribution in [1.82, 2.24) is 24.5 Å². The van der Waals surface area contributed by atoms with Crippen molar-refractivity contribution < 1.29 is 9.47 Å². The molecular formula is C33H43N5O2. The van der Waals surface area contributed by atoms with Gasteiger partial charge in [0.05, 0.1) is 34.2 Å². The van der Waals surface area contributed by atoms with Gasteiger partial charge in [-0.3, -0.25) is 0 Å². The van der Waals surface area contributed by atoms with Gasteiger partial charge in [0.15, 0.2) is 12.5 Å². The number of hydrogen-bond donors (Lipinski definition) is 0. The van der Waals surface area contributed by atoms with E-state index < -0.39 is 0 Å². The maximum absolute atomic E-state index is 6.26. The third kappa shape index (κ3) is 5.21. The SMILES string of the molecule is CC(C)(C)c1cc(-c2cc3ccccc3c(-c3cc(C(C)(C)C)nn3C3CCCCO3)n2)n(C2CCCCO2)n1. The minimum Gasteiger partial charge on any atom is -0.356 e. The minimum absolute atomic E-state index is 0.0785. The van der Waals surface area contributed by atoms with Gasteiger partial charge < -0.3 is 9.47 Å². The summed E-state index contributed by atoms with van der Waals surface area (Å²) in [5.74, 6) is 0. The molecule has 1 aromatic carbocycles. The summed E-state index contributed by atoms with van der Waals surface area (Å²) >= 11 is 0. The number of fused-ring (bicyclic) bond motifs is 1. The zero-order chi connectivity index (χ0) is 28.1. The molecular weight excluding hydrogens is 498 g/mol. The lowest BCUT2D eigenvalue weighted by atomic mass is 9.92. The molecule has 2 saturated heterocycles. The van der Waals surface area contributed by atoms with Crippen LogP contribution in [-0.4, -0.2) is 37.8 Å². The number of benzene rings is 1. The lowest BCUT2D eigenvalue weighted by molar-refractivity contribution is -0.0387. The molecule has 0 bridgehead atoms. The predicted octanol–water partition coefficient (Wildman–Crippen LogP) is 7.96. The van der Waals surface area contributed by atoms with Crippen LogP contribution in [0.1, 0.15) is 104 Å². The maximum atomic E-state index is 6.26. The molecule has 0 spiro atoms. The van der Waals surface area contributed by atoms with Crippen molar-refractivity contribution in [3.05, 3.63) is 53.9 Å². The highest BCUT2D eigenvalue weighted by atomic mass is 16.5. The summed E-state index contributed by atoms with van der Waals surface area (Å²) in [6, 6.07) is 15.2. The van der Waals surface area contributed by atoms with Gasteiger partial charge in [-0.25, -0.2) is 14.3 Å². The van der Waals surface area contributed by atoms with E-state index in [0.29, 0.717) is 0 Å². The molecule has 4 aromatic rings. The molecule has 40 heavy (non-hydrogen) atoms. The molecule has 6 rings (SSSR count). The first-order valence-corrected chi connectivity index (χ1v) is 14.9. The summed E-state index contributed by atoms with van der Waals surface area (Å²) in [4.78, 5) is 5.41. The Hall–Kier alpha value is -3.03. The van der Waals surface area contributed by atoms with Gasteiger partial charge in [-0.2, -0.15) is 10.2 Å². The minimum atomic E-state index is -0.0966. The molecule has 2 aliphatic rings. The first-order valence-electron chi connectivity index (χ1n) is 14.9. The molecule has 7 nitrogen and oxygen atoms in total. The van der Waals surface area contributed by atoms with Crippen LogP contribution in [0.3, 0.4) is 0 Å². The van der Waals surface area contributed by atoms with E-state index in [1.807, 2.05) is 0 Å². The number of pyridine rings is 1. The van der Waals surface area contributed by atoms with Crippen LogP contribution in [0.25, 0.3) is 33.5 Å². The van der Waals surface area contributed by atoms with E-state index >= 15 is 0 Å². The average molecular weight is 542 g/mol. The molecule has 2 fully saturated rings. The Morgan fingerprint density at radius 3 is 1.80 bits per heavy atom. The Morgan fingerprint density at radius 2 is 1.25 bits per heavy atom. The number of ether oxygens (including phenoxy) is 2. The molecule has 212 valence electrons. The largest absolute Gasteiger partial charge is 0.356 e. The molecule has 3 aromatic heterocycles. The molecule has 5 heterocycles. The molecule has 7 heteroatoms. The first-order chi connectivity index (χ1) is 19.1. The van der Waals surface area contributed by atoms with Gasteiger partial charge in [0.2, 0.25) is 0 Å². The Morgan fingerprint density at radius 1 is 0.700 bits per heavy atom. The maximum Gasteiger partial charge on any atom is 0.150 e. The molecule has 0 N–H and O–H groups in total. The van der Waals surface area contributed by atoms with Gasteiger partial charge in [-0.1, -0.05) is 65.8 Å². The summed E-state index contributed by atoms with van der Waals surface area (Å²) in [7, 11) is 0. The van der Waals surface area contributed by atoms with Crippen LogP contribution >= 0.6 is 0 Å². The smallest absolute Gasteiger partial charge is 0.150 e. The second kappa shape index (κ2) is 10.4. The molecule has 0 saturated carbocycles. The second-order valence-electron chi connectivity index (χ2n) is 13.4. The van der Waals surface area contributed by atoms with Crippen molar-refractivity contribution in [3.63, 3.8) is 0 Å². The molecule has 0 aliphatic carbocycles. The number of rotatable bonds is 4. The lowest BCUT2D eigenvalue weighted by Crippen LogP contribution is -2.22. The summed E-state index contributed by atoms with van der Waals surface area (Å²) in [6.45, 7) is 14.8. The van der Waals surface area contributed by atoms with Gasteiger partial charge in [0, 0.05) is 29.4 Å². The van der Waals surface area contributed by atoms with E-state index in [4.69, 9.17) is 24.7 Å². The molecule has 2 aliphatic heterocycles. The highest BCUT2D eigenvalue weighted by Crippen LogP contribution is 2.38. The van der Waals surface area contributed by atoms with Crippen molar-refractivity contribution in [2.45, 2.75) is 103 Å². The number of hydrogen-bond acceptors (Lipinski definition) is 5. The van der Waals surface area contributed by atoms with E-state index in [9.17, 15) is 0 Å². The van der Waals surface area contributed by atoms with Crippen LogP contribution in [0.15, 0.2) is 42.5 Å². The number of nitrogens with zero attached hydrogens (tertiary/aromatic N) is 5. The summed E-state index contributed by atoms with van der Waals surface area (Å²) in [5, 5.41) is 12.5. The van der Waals surface area contributed by atoms with Crippen molar-refractivity contribution in [3.8, 4) is 22.8 Å². The summed E-state index contributed by atoms with van der Waals surface area (Å²) < 4.78 is 16.7. The van der Waals surface area contributed by atoms with E-state index in [0.717, 1.165) is 96.7 Å². The highest BCUT2D eigenvalue weighted by Gasteiger charge is 2.29. The van der Waals surface area contributed by atoms with Gasteiger partial charge in [-0.15, -0.1) is 0 Å². The Labute approximate surface area is 237 Å². The van der Waals surface area contributed by atoms with E-state index in [2.05, 4.69) is 93.4 Å². The Balaban J connectivity index is 1.57. The monoisotopic (exact) mass is 541 g/mol. The van der Waals surface area contributed by atoms with Crippen LogP contribution < -0.4 is 0 Å². The van der Waals surface area contributed by atoms with Gasteiger partial charge in [0.1, 0.15) is 0 Å². The third-order valence-electron chi connectivity index (χ3n) is 8.11. The van der Waals surface area contributed by atoms with Crippen LogP contribution in [0.2, 0.25) is 0 Å². The van der Waals surface area contributed by atoms with Crippen LogP contribution in [0.5, 0.6) is 0 Å². The zero-order valence-electron chi connectivity index (χ0n) is 24.9. The summed E-state index contributed by atoms with van der Waals surface area (Å²) in [5.41, 5.74) is 5.74. The average Bonchev–Trinajstić information content (AvgIpc) is 3.59. The highest BCUT2D eigenvalue weighted by molar-refractivity contribution is 5.96. The summed E-state index contributed by atoms with van der Waals surface area (Å²) in [6.07, 6.45) is 6.22. The fraction of sp³-hybridized carbons (Fsp3) is 0.545. The normalized spacial score (nSPS) is 20.8. The fourth-order valence-corrected chi connectivity index (χ4v) is 5.69. The number of aromatic nitrogens is 5. The van der Waals surface area contributed by atoms with Gasteiger partial charge in [0.25, 0.3) is 0 Å². The second-order valence-corrected chi connectivity index (χ2v) is 13.4. The lowest BCUT2D eigenvalue weighted by Gasteiger charge is -2.25. The first kappa shape index (κ1) is 27.2. The third-order valence-corrected chi connectivity index (χ3v) is 8.11. The molecule has 2 atom stereocenters. The predicted molar refractivity (Wildman–Crippen MR) is 159 cm³/mol. The van der Waals surface area contributed by atoms with Crippen molar-refractivity contribution in [2.75, 3.05) is 13.2 Å². The van der Waals surface area contributed by atoms with E-state index in [1.54, 1.807) is 0 Å². The zero-order valence-corrected chi connectivity index (χ0v) is 24.9.